The van der Waals surface area contributed by atoms with E-state index in [4.69, 9.17) is 23.2 Å². The van der Waals surface area contributed by atoms with E-state index < -0.39 is 0 Å². The average Bonchev–Trinajstić information content (AvgIpc) is 2.65. The Morgan fingerprint density at radius 3 is 2.56 bits per heavy atom. The van der Waals surface area contributed by atoms with E-state index in [-0.39, 0.29) is 6.04 Å². The van der Waals surface area contributed by atoms with Crippen LogP contribution in [-0.2, 0) is 0 Å². The fourth-order valence-corrected chi connectivity index (χ4v) is 3.88. The highest BCUT2D eigenvalue weighted by Gasteiger charge is 2.20. The summed E-state index contributed by atoms with van der Waals surface area (Å²) in [6.07, 6.45) is 0. The zero-order valence-electron chi connectivity index (χ0n) is 9.93. The number of halogens is 3. The molecule has 2 aromatic rings. The van der Waals surface area contributed by atoms with Crippen molar-refractivity contribution >= 4 is 50.5 Å². The zero-order valence-corrected chi connectivity index (χ0v) is 13.8. The van der Waals surface area contributed by atoms with Crippen LogP contribution in [0.5, 0.6) is 0 Å². The second kappa shape index (κ2) is 5.93. The van der Waals surface area contributed by atoms with Crippen LogP contribution in [0.2, 0.25) is 8.67 Å². The number of nitrogens with one attached hydrogen (secondary N) is 1. The van der Waals surface area contributed by atoms with E-state index in [9.17, 15) is 0 Å². The van der Waals surface area contributed by atoms with Gasteiger partial charge < -0.3 is 5.32 Å². The van der Waals surface area contributed by atoms with Gasteiger partial charge >= 0.3 is 0 Å². The van der Waals surface area contributed by atoms with Gasteiger partial charge in [-0.25, -0.2) is 0 Å². The van der Waals surface area contributed by atoms with Crippen LogP contribution in [0.15, 0.2) is 28.7 Å². The highest BCUT2D eigenvalue weighted by atomic mass is 79.9. The molecule has 0 aliphatic heterocycles. The molecule has 1 unspecified atom stereocenters. The van der Waals surface area contributed by atoms with Gasteiger partial charge in [0.05, 0.1) is 14.7 Å². The molecular weight excluding hydrogens is 353 g/mol. The normalized spacial score (nSPS) is 12.7. The first-order valence-corrected chi connectivity index (χ1v) is 7.78. The molecule has 1 atom stereocenters. The minimum absolute atomic E-state index is 0.0544. The number of rotatable bonds is 3. The molecule has 2 rings (SSSR count). The van der Waals surface area contributed by atoms with Crippen LogP contribution in [0, 0.1) is 6.92 Å². The lowest BCUT2D eigenvalue weighted by molar-refractivity contribution is 0.689. The molecule has 0 saturated heterocycles. The third-order valence-corrected chi connectivity index (χ3v) is 5.28. The smallest absolute Gasteiger partial charge is 0.0995 e. The summed E-state index contributed by atoms with van der Waals surface area (Å²) in [6.45, 7) is 2.09. The molecule has 0 amide bonds. The Labute approximate surface area is 129 Å². The summed E-state index contributed by atoms with van der Waals surface area (Å²) in [5.41, 5.74) is 3.42. The predicted molar refractivity (Wildman–Crippen MR) is 84.1 cm³/mol. The van der Waals surface area contributed by atoms with Gasteiger partial charge in [-0.05, 0) is 37.2 Å². The Morgan fingerprint density at radius 1 is 1.28 bits per heavy atom. The van der Waals surface area contributed by atoms with Crippen LogP contribution in [0.1, 0.15) is 22.7 Å². The summed E-state index contributed by atoms with van der Waals surface area (Å²) in [5, 5.41) is 3.30. The Balaban J connectivity index is 2.52. The Kier molecular flexibility index (Phi) is 4.73. The third kappa shape index (κ3) is 2.75. The Bertz CT molecular complexity index is 568. The van der Waals surface area contributed by atoms with Gasteiger partial charge in [-0.1, -0.05) is 51.3 Å². The maximum Gasteiger partial charge on any atom is 0.0995 e. The molecule has 0 spiro atoms. The maximum atomic E-state index is 6.24. The summed E-state index contributed by atoms with van der Waals surface area (Å²) in [4.78, 5) is 0. The van der Waals surface area contributed by atoms with E-state index >= 15 is 0 Å². The van der Waals surface area contributed by atoms with E-state index in [0.717, 1.165) is 14.4 Å². The largest absolute Gasteiger partial charge is 0.309 e. The summed E-state index contributed by atoms with van der Waals surface area (Å²) < 4.78 is 2.54. The minimum Gasteiger partial charge on any atom is -0.309 e. The van der Waals surface area contributed by atoms with Gasteiger partial charge in [0, 0.05) is 10.0 Å². The summed E-state index contributed by atoms with van der Waals surface area (Å²) >= 11 is 17.2. The van der Waals surface area contributed by atoms with Crippen molar-refractivity contribution in [3.05, 3.63) is 54.1 Å². The first kappa shape index (κ1) is 14.4. The highest BCUT2D eigenvalue weighted by Crippen LogP contribution is 2.38. The van der Waals surface area contributed by atoms with Gasteiger partial charge in [-0.3, -0.25) is 0 Å². The van der Waals surface area contributed by atoms with Crippen molar-refractivity contribution in [3.8, 4) is 0 Å². The van der Waals surface area contributed by atoms with Crippen LogP contribution in [0.4, 0.5) is 0 Å². The van der Waals surface area contributed by atoms with Gasteiger partial charge in [0.1, 0.15) is 0 Å². The number of thiophene rings is 1. The minimum atomic E-state index is 0.0544. The quantitative estimate of drug-likeness (QED) is 0.765. The standard InChI is InChI=1S/C13H12BrCl2NS/c1-7-8(4-3-5-10(7)14)12(17-2)9-6-11(15)18-13(9)16/h3-6,12,17H,1-2H3. The van der Waals surface area contributed by atoms with Crippen molar-refractivity contribution in [2.24, 2.45) is 0 Å². The monoisotopic (exact) mass is 363 g/mol. The summed E-state index contributed by atoms with van der Waals surface area (Å²) in [7, 11) is 1.92. The molecule has 0 fully saturated rings. The fraction of sp³-hybridized carbons (Fsp3) is 0.231. The second-order valence-corrected chi connectivity index (χ2v) is 7.10. The van der Waals surface area contributed by atoms with E-state index in [2.05, 4.69) is 34.2 Å². The fourth-order valence-electron chi connectivity index (χ4n) is 1.97. The van der Waals surface area contributed by atoms with Crippen molar-refractivity contribution < 1.29 is 0 Å². The zero-order chi connectivity index (χ0) is 13.3. The highest BCUT2D eigenvalue weighted by molar-refractivity contribution is 9.10. The molecule has 1 N–H and O–H groups in total. The molecule has 1 nitrogen and oxygen atoms in total. The van der Waals surface area contributed by atoms with Crippen LogP contribution in [-0.4, -0.2) is 7.05 Å². The maximum absolute atomic E-state index is 6.24. The van der Waals surface area contributed by atoms with Crippen molar-refractivity contribution in [1.82, 2.24) is 5.32 Å². The number of benzene rings is 1. The second-order valence-electron chi connectivity index (χ2n) is 3.96. The summed E-state index contributed by atoms with van der Waals surface area (Å²) in [6, 6.07) is 8.14. The van der Waals surface area contributed by atoms with Gasteiger partial charge in [0.2, 0.25) is 0 Å². The molecule has 96 valence electrons. The van der Waals surface area contributed by atoms with E-state index in [0.29, 0.717) is 4.34 Å². The van der Waals surface area contributed by atoms with E-state index in [1.54, 1.807) is 0 Å². The Morgan fingerprint density at radius 2 is 2.00 bits per heavy atom. The third-order valence-electron chi connectivity index (χ3n) is 2.90. The van der Waals surface area contributed by atoms with Gasteiger partial charge in [0.15, 0.2) is 0 Å². The molecule has 1 heterocycles. The number of hydrogen-bond acceptors (Lipinski definition) is 2. The molecule has 1 aromatic carbocycles. The molecule has 0 radical (unpaired) electrons. The van der Waals surface area contributed by atoms with Crippen LogP contribution in [0.25, 0.3) is 0 Å². The average molecular weight is 365 g/mol. The van der Waals surface area contributed by atoms with Crippen molar-refractivity contribution in [1.29, 1.82) is 0 Å². The molecule has 0 aliphatic rings. The Hall–Kier alpha value is -0.0600. The van der Waals surface area contributed by atoms with E-state index in [1.807, 2.05) is 25.2 Å². The molecular formula is C13H12BrCl2NS. The lowest BCUT2D eigenvalue weighted by Gasteiger charge is -2.19. The lowest BCUT2D eigenvalue weighted by atomic mass is 9.97. The van der Waals surface area contributed by atoms with Gasteiger partial charge in [-0.2, -0.15) is 0 Å². The van der Waals surface area contributed by atoms with Crippen molar-refractivity contribution in [2.75, 3.05) is 7.05 Å². The van der Waals surface area contributed by atoms with Gasteiger partial charge in [-0.15, -0.1) is 11.3 Å². The molecule has 0 saturated carbocycles. The predicted octanol–water partition coefficient (Wildman–Crippen LogP) is 5.43. The van der Waals surface area contributed by atoms with Crippen molar-refractivity contribution in [2.45, 2.75) is 13.0 Å². The molecule has 18 heavy (non-hydrogen) atoms. The van der Waals surface area contributed by atoms with Gasteiger partial charge in [0.25, 0.3) is 0 Å². The molecule has 5 heteroatoms. The first-order valence-electron chi connectivity index (χ1n) is 5.41. The number of hydrogen-bond donors (Lipinski definition) is 1. The topological polar surface area (TPSA) is 12.0 Å². The van der Waals surface area contributed by atoms with Crippen LogP contribution in [0.3, 0.4) is 0 Å². The molecule has 0 bridgehead atoms. The molecule has 1 aromatic heterocycles. The van der Waals surface area contributed by atoms with Crippen LogP contribution >= 0.6 is 50.5 Å². The lowest BCUT2D eigenvalue weighted by Crippen LogP contribution is -2.18. The summed E-state index contributed by atoms with van der Waals surface area (Å²) in [5.74, 6) is 0. The van der Waals surface area contributed by atoms with Crippen molar-refractivity contribution in [3.63, 3.8) is 0 Å². The first-order chi connectivity index (χ1) is 8.54. The molecule has 0 aliphatic carbocycles. The van der Waals surface area contributed by atoms with E-state index in [1.165, 1.54) is 22.5 Å². The SMILES string of the molecule is CNC(c1cc(Cl)sc1Cl)c1cccc(Br)c1C. The van der Waals surface area contributed by atoms with Crippen LogP contribution < -0.4 is 5.32 Å².